The van der Waals surface area contributed by atoms with Crippen molar-refractivity contribution in [2.45, 2.75) is 46.7 Å². The molecule has 1 amide bonds. The number of aryl methyl sites for hydroxylation is 2. The minimum atomic E-state index is -0.260. The summed E-state index contributed by atoms with van der Waals surface area (Å²) in [5.41, 5.74) is 2.78. The lowest BCUT2D eigenvalue weighted by Gasteiger charge is -2.21. The Labute approximate surface area is 175 Å². The van der Waals surface area contributed by atoms with E-state index in [1.165, 1.54) is 16.9 Å². The molecule has 0 spiro atoms. The molecule has 0 saturated carbocycles. The zero-order valence-corrected chi connectivity index (χ0v) is 18.7. The Morgan fingerprint density at radius 3 is 2.48 bits per heavy atom. The number of H-pyrrole nitrogens is 1. The highest BCUT2D eigenvalue weighted by Crippen LogP contribution is 2.35. The summed E-state index contributed by atoms with van der Waals surface area (Å²) in [6.45, 7) is 10.7. The summed E-state index contributed by atoms with van der Waals surface area (Å²) < 4.78 is 0. The summed E-state index contributed by atoms with van der Waals surface area (Å²) in [5.74, 6) is 0.576. The van der Waals surface area contributed by atoms with Gasteiger partial charge in [-0.3, -0.25) is 9.59 Å². The molecule has 0 aliphatic rings. The van der Waals surface area contributed by atoms with E-state index in [4.69, 9.17) is 4.98 Å². The molecule has 1 atom stereocenters. The minimum Gasteiger partial charge on any atom is -0.347 e. The summed E-state index contributed by atoms with van der Waals surface area (Å²) in [5, 5.41) is 3.60. The van der Waals surface area contributed by atoms with Gasteiger partial charge in [0.2, 0.25) is 0 Å². The van der Waals surface area contributed by atoms with Crippen LogP contribution in [0.2, 0.25) is 0 Å². The van der Waals surface area contributed by atoms with Crippen LogP contribution in [0.1, 0.15) is 37.0 Å². The number of aromatic nitrogens is 2. The Balaban J connectivity index is 1.86. The summed E-state index contributed by atoms with van der Waals surface area (Å²) in [6, 6.07) is 8.19. The van der Waals surface area contributed by atoms with Crippen molar-refractivity contribution in [3.8, 4) is 11.1 Å². The molecule has 0 radical (unpaired) electrons. The number of nitrogens with one attached hydrogen (secondary N) is 3. The molecular weight excluding hydrogens is 384 g/mol. The minimum absolute atomic E-state index is 0.0212. The Morgan fingerprint density at radius 2 is 1.86 bits per heavy atom. The van der Waals surface area contributed by atoms with Gasteiger partial charge >= 0.3 is 0 Å². The third-order valence-electron chi connectivity index (χ3n) is 4.57. The summed E-state index contributed by atoms with van der Waals surface area (Å²) in [6.07, 6.45) is 0. The maximum Gasteiger partial charge on any atom is 0.275 e. The molecule has 3 N–H and O–H groups in total. The van der Waals surface area contributed by atoms with Crippen molar-refractivity contribution in [2.24, 2.45) is 0 Å². The summed E-state index contributed by atoms with van der Waals surface area (Å²) in [4.78, 5) is 35.4. The number of likely N-dealkylation sites (N-methyl/N-ethyl adjacent to an activating group) is 1. The average molecular weight is 414 g/mol. The Kier molecular flexibility index (Phi) is 5.91. The zero-order chi connectivity index (χ0) is 21.3. The highest BCUT2D eigenvalue weighted by Gasteiger charge is 2.20. The second-order valence-corrected chi connectivity index (χ2v) is 9.90. The Bertz CT molecular complexity index is 1090. The first-order valence-electron chi connectivity index (χ1n) is 9.75. The molecule has 2 aromatic heterocycles. The quantitative estimate of drug-likeness (QED) is 0.600. The molecule has 1 unspecified atom stereocenters. The second-order valence-electron chi connectivity index (χ2n) is 8.70. The van der Waals surface area contributed by atoms with E-state index < -0.39 is 0 Å². The van der Waals surface area contributed by atoms with Gasteiger partial charge < -0.3 is 15.2 Å². The monoisotopic (exact) mass is 413 g/mol. The van der Waals surface area contributed by atoms with E-state index in [-0.39, 0.29) is 17.0 Å². The van der Waals surface area contributed by atoms with Gasteiger partial charge in [0.25, 0.3) is 11.5 Å². The van der Waals surface area contributed by atoms with Crippen LogP contribution in [-0.2, 0) is 11.3 Å². The van der Waals surface area contributed by atoms with Gasteiger partial charge in [-0.15, -0.1) is 11.3 Å². The molecule has 6 nitrogen and oxygen atoms in total. The van der Waals surface area contributed by atoms with E-state index in [9.17, 15) is 9.59 Å². The maximum atomic E-state index is 12.9. The first-order valence-corrected chi connectivity index (χ1v) is 10.6. The first-order chi connectivity index (χ1) is 13.5. The van der Waals surface area contributed by atoms with Crippen molar-refractivity contribution in [1.29, 1.82) is 0 Å². The molecule has 154 valence electrons. The van der Waals surface area contributed by atoms with Crippen LogP contribution in [0.4, 0.5) is 0 Å². The van der Waals surface area contributed by atoms with Crippen molar-refractivity contribution in [2.75, 3.05) is 13.6 Å². The lowest BCUT2D eigenvalue weighted by atomic mass is 10.0. The highest BCUT2D eigenvalue weighted by molar-refractivity contribution is 7.19. The number of rotatable bonds is 5. The van der Waals surface area contributed by atoms with E-state index in [1.54, 1.807) is 0 Å². The zero-order valence-electron chi connectivity index (χ0n) is 17.9. The van der Waals surface area contributed by atoms with Crippen LogP contribution in [0.3, 0.4) is 0 Å². The fraction of sp³-hybridized carbons (Fsp3) is 0.409. The van der Waals surface area contributed by atoms with Crippen molar-refractivity contribution in [3.05, 3.63) is 50.9 Å². The van der Waals surface area contributed by atoms with Crippen molar-refractivity contribution in [3.63, 3.8) is 0 Å². The van der Waals surface area contributed by atoms with Crippen molar-refractivity contribution in [1.82, 2.24) is 15.3 Å². The lowest BCUT2D eigenvalue weighted by molar-refractivity contribution is -0.886. The number of amides is 1. The third-order valence-corrected chi connectivity index (χ3v) is 5.57. The molecule has 0 saturated heterocycles. The third kappa shape index (κ3) is 5.10. The van der Waals surface area contributed by atoms with E-state index >= 15 is 0 Å². The number of hydrogen-bond donors (Lipinski definition) is 3. The molecule has 0 aliphatic heterocycles. The van der Waals surface area contributed by atoms with Gasteiger partial charge in [-0.1, -0.05) is 29.8 Å². The van der Waals surface area contributed by atoms with Gasteiger partial charge in [-0.2, -0.15) is 0 Å². The van der Waals surface area contributed by atoms with Gasteiger partial charge in [0, 0.05) is 16.0 Å². The van der Waals surface area contributed by atoms with Gasteiger partial charge in [-0.05, 0) is 40.2 Å². The number of carbonyl (C=O) groups is 1. The van der Waals surface area contributed by atoms with Crippen LogP contribution in [-0.4, -0.2) is 35.0 Å². The van der Waals surface area contributed by atoms with E-state index in [1.807, 2.05) is 53.8 Å². The molecular formula is C22H29N4O2S+. The molecule has 3 aromatic rings. The fourth-order valence-electron chi connectivity index (χ4n) is 3.40. The van der Waals surface area contributed by atoms with Crippen LogP contribution in [0, 0.1) is 13.8 Å². The second kappa shape index (κ2) is 8.08. The Hall–Kier alpha value is -2.51. The summed E-state index contributed by atoms with van der Waals surface area (Å²) >= 11 is 1.54. The van der Waals surface area contributed by atoms with Gasteiger partial charge in [0.1, 0.15) is 11.4 Å². The van der Waals surface area contributed by atoms with Crippen molar-refractivity contribution < 1.29 is 9.69 Å². The SMILES string of the molecule is Cc1ccc(-c2c(C)sc3nc(C[NH+](C)CC(=O)NC(C)(C)C)[nH]c(=O)c23)cc1. The molecule has 2 heterocycles. The van der Waals surface area contributed by atoms with Crippen LogP contribution < -0.4 is 15.8 Å². The van der Waals surface area contributed by atoms with Gasteiger partial charge in [-0.25, -0.2) is 4.98 Å². The predicted octanol–water partition coefficient (Wildman–Crippen LogP) is 2.20. The van der Waals surface area contributed by atoms with Crippen LogP contribution in [0.25, 0.3) is 21.3 Å². The molecule has 7 heteroatoms. The van der Waals surface area contributed by atoms with Gasteiger partial charge in [0.15, 0.2) is 12.4 Å². The number of hydrogen-bond acceptors (Lipinski definition) is 4. The maximum absolute atomic E-state index is 12.9. The van der Waals surface area contributed by atoms with E-state index in [0.717, 1.165) is 25.7 Å². The molecule has 0 fully saturated rings. The first kappa shape index (κ1) is 21.2. The average Bonchev–Trinajstić information content (AvgIpc) is 2.90. The molecule has 29 heavy (non-hydrogen) atoms. The normalized spacial score (nSPS) is 12.9. The standard InChI is InChI=1S/C22H28N4O2S/c1-13-7-9-15(10-8-13)18-14(2)29-21-19(18)20(28)23-16(24-21)11-26(6)12-17(27)25-22(3,4)5/h7-10H,11-12H2,1-6H3,(H,25,27)(H,23,24,28)/p+1. The van der Waals surface area contributed by atoms with Gasteiger partial charge in [0.05, 0.1) is 12.4 Å². The van der Waals surface area contributed by atoms with Crippen LogP contribution >= 0.6 is 11.3 Å². The van der Waals surface area contributed by atoms with E-state index in [2.05, 4.69) is 22.4 Å². The van der Waals surface area contributed by atoms with Crippen LogP contribution in [0.15, 0.2) is 29.1 Å². The van der Waals surface area contributed by atoms with Crippen molar-refractivity contribution >= 4 is 27.5 Å². The largest absolute Gasteiger partial charge is 0.347 e. The van der Waals surface area contributed by atoms with E-state index in [0.29, 0.717) is 24.3 Å². The van der Waals surface area contributed by atoms with Crippen LogP contribution in [0.5, 0.6) is 0 Å². The molecule has 0 bridgehead atoms. The number of thiophene rings is 1. The number of fused-ring (bicyclic) bond motifs is 1. The number of carbonyl (C=O) groups excluding carboxylic acids is 1. The number of aromatic amines is 1. The lowest BCUT2D eigenvalue weighted by Crippen LogP contribution is -3.09. The highest BCUT2D eigenvalue weighted by atomic mass is 32.1. The predicted molar refractivity (Wildman–Crippen MR) is 119 cm³/mol. The Morgan fingerprint density at radius 1 is 1.21 bits per heavy atom. The number of nitrogens with zero attached hydrogens (tertiary/aromatic N) is 1. The number of benzene rings is 1. The topological polar surface area (TPSA) is 79.3 Å². The molecule has 1 aromatic carbocycles. The number of quaternary nitrogens is 1. The summed E-state index contributed by atoms with van der Waals surface area (Å²) in [7, 11) is 1.92. The molecule has 3 rings (SSSR count). The fourth-order valence-corrected chi connectivity index (χ4v) is 4.46. The smallest absolute Gasteiger partial charge is 0.275 e. The molecule has 0 aliphatic carbocycles.